The summed E-state index contributed by atoms with van der Waals surface area (Å²) >= 11 is 13.0. The number of halogens is 3. The van der Waals surface area contributed by atoms with Crippen molar-refractivity contribution in [3.05, 3.63) is 50.6 Å². The van der Waals surface area contributed by atoms with Crippen molar-refractivity contribution in [1.29, 1.82) is 5.26 Å². The third-order valence-electron chi connectivity index (χ3n) is 3.11. The van der Waals surface area contributed by atoms with E-state index in [2.05, 4.69) is 10.6 Å². The predicted octanol–water partition coefficient (Wildman–Crippen LogP) is 4.35. The van der Waals surface area contributed by atoms with Crippen LogP contribution in [0.3, 0.4) is 0 Å². The van der Waals surface area contributed by atoms with E-state index in [0.717, 1.165) is 0 Å². The molecule has 0 bridgehead atoms. The van der Waals surface area contributed by atoms with Crippen LogP contribution in [-0.4, -0.2) is 12.5 Å². The molecule has 1 amide bonds. The minimum Gasteiger partial charge on any atom is -0.315 e. The van der Waals surface area contributed by atoms with E-state index in [1.54, 1.807) is 18.4 Å². The Kier molecular flexibility index (Phi) is 5.97. The maximum atomic E-state index is 13.5. The Morgan fingerprint density at radius 1 is 1.43 bits per heavy atom. The van der Waals surface area contributed by atoms with Gasteiger partial charge in [0.05, 0.1) is 17.1 Å². The average Bonchev–Trinajstić information content (AvgIpc) is 2.95. The van der Waals surface area contributed by atoms with Crippen molar-refractivity contribution >= 4 is 45.4 Å². The molecule has 1 aromatic heterocycles. The number of benzene rings is 1. The number of nitriles is 1. The van der Waals surface area contributed by atoms with Crippen LogP contribution in [0.4, 0.5) is 9.39 Å². The predicted molar refractivity (Wildman–Crippen MR) is 90.5 cm³/mol. The minimum absolute atomic E-state index is 0.00942. The molecule has 0 fully saturated rings. The van der Waals surface area contributed by atoms with Gasteiger partial charge < -0.3 is 10.6 Å². The third kappa shape index (κ3) is 4.43. The van der Waals surface area contributed by atoms with E-state index in [9.17, 15) is 9.18 Å². The molecule has 0 unspecified atom stereocenters. The molecular weight excluding hydrogens is 360 g/mol. The zero-order valence-corrected chi connectivity index (χ0v) is 14.3. The van der Waals surface area contributed by atoms with Crippen molar-refractivity contribution in [3.63, 3.8) is 0 Å². The highest BCUT2D eigenvalue weighted by molar-refractivity contribution is 7.14. The molecule has 0 aliphatic rings. The summed E-state index contributed by atoms with van der Waals surface area (Å²) < 4.78 is 13.5. The van der Waals surface area contributed by atoms with E-state index in [0.29, 0.717) is 21.2 Å². The van der Waals surface area contributed by atoms with Gasteiger partial charge in [0.15, 0.2) is 0 Å². The largest absolute Gasteiger partial charge is 0.315 e. The second-order valence-electron chi connectivity index (χ2n) is 4.71. The standard InChI is InChI=1S/C15H12Cl2FN3OS/c1-8(10-4-13(18)12(17)5-11(10)16)20-7-14(22)21-15-9(6-19)2-3-23-15/h2-5,8,20H,7H2,1H3,(H,21,22)/t8-/m1/s1. The molecule has 1 aromatic carbocycles. The van der Waals surface area contributed by atoms with E-state index in [1.165, 1.54) is 23.5 Å². The van der Waals surface area contributed by atoms with Gasteiger partial charge in [-0.2, -0.15) is 5.26 Å². The molecule has 2 rings (SSSR count). The van der Waals surface area contributed by atoms with Crippen LogP contribution in [0.5, 0.6) is 0 Å². The van der Waals surface area contributed by atoms with Gasteiger partial charge in [-0.15, -0.1) is 11.3 Å². The first-order valence-electron chi connectivity index (χ1n) is 6.57. The van der Waals surface area contributed by atoms with Gasteiger partial charge in [-0.1, -0.05) is 23.2 Å². The van der Waals surface area contributed by atoms with Crippen molar-refractivity contribution in [2.75, 3.05) is 11.9 Å². The van der Waals surface area contributed by atoms with Gasteiger partial charge >= 0.3 is 0 Å². The molecule has 4 nitrogen and oxygen atoms in total. The number of thiophene rings is 1. The van der Waals surface area contributed by atoms with Crippen LogP contribution >= 0.6 is 34.5 Å². The molecule has 1 heterocycles. The molecule has 0 saturated carbocycles. The average molecular weight is 372 g/mol. The van der Waals surface area contributed by atoms with Crippen LogP contribution in [0.1, 0.15) is 24.1 Å². The zero-order valence-electron chi connectivity index (χ0n) is 12.0. The highest BCUT2D eigenvalue weighted by atomic mass is 35.5. The lowest BCUT2D eigenvalue weighted by Gasteiger charge is -2.16. The van der Waals surface area contributed by atoms with Gasteiger partial charge in [-0.3, -0.25) is 4.79 Å². The Hall–Kier alpha value is -1.65. The maximum absolute atomic E-state index is 13.5. The molecule has 0 aliphatic heterocycles. The van der Waals surface area contributed by atoms with Crippen molar-refractivity contribution in [2.45, 2.75) is 13.0 Å². The SMILES string of the molecule is C[C@@H](NCC(=O)Nc1sccc1C#N)c1cc(F)c(Cl)cc1Cl. The molecule has 8 heteroatoms. The lowest BCUT2D eigenvalue weighted by Crippen LogP contribution is -2.30. The zero-order chi connectivity index (χ0) is 17.0. The number of nitrogens with zero attached hydrogens (tertiary/aromatic N) is 1. The van der Waals surface area contributed by atoms with Crippen LogP contribution in [0.15, 0.2) is 23.6 Å². The smallest absolute Gasteiger partial charge is 0.238 e. The van der Waals surface area contributed by atoms with Crippen molar-refractivity contribution in [1.82, 2.24) is 5.32 Å². The van der Waals surface area contributed by atoms with Crippen molar-refractivity contribution in [3.8, 4) is 6.07 Å². The second-order valence-corrected chi connectivity index (χ2v) is 6.44. The first kappa shape index (κ1) is 17.7. The van der Waals surface area contributed by atoms with E-state index < -0.39 is 5.82 Å². The summed E-state index contributed by atoms with van der Waals surface area (Å²) in [5, 5.41) is 17.0. The fourth-order valence-corrected chi connectivity index (χ4v) is 3.19. The van der Waals surface area contributed by atoms with Crippen molar-refractivity contribution < 1.29 is 9.18 Å². The maximum Gasteiger partial charge on any atom is 0.238 e. The minimum atomic E-state index is -0.568. The highest BCUT2D eigenvalue weighted by Crippen LogP contribution is 2.28. The Labute approximate surface area is 146 Å². The molecule has 23 heavy (non-hydrogen) atoms. The summed E-state index contributed by atoms with van der Waals surface area (Å²) in [4.78, 5) is 11.9. The fourth-order valence-electron chi connectivity index (χ4n) is 1.89. The molecule has 0 aliphatic carbocycles. The Bertz CT molecular complexity index is 773. The molecule has 0 saturated heterocycles. The normalized spacial score (nSPS) is 11.8. The molecule has 2 N–H and O–H groups in total. The van der Waals surface area contributed by atoms with Gasteiger partial charge in [0.2, 0.25) is 5.91 Å². The molecule has 0 spiro atoms. The highest BCUT2D eigenvalue weighted by Gasteiger charge is 2.15. The summed E-state index contributed by atoms with van der Waals surface area (Å²) in [6.45, 7) is 1.75. The number of hydrogen-bond acceptors (Lipinski definition) is 4. The lowest BCUT2D eigenvalue weighted by atomic mass is 10.1. The van der Waals surface area contributed by atoms with Gasteiger partial charge in [-0.05, 0) is 36.1 Å². The van der Waals surface area contributed by atoms with Crippen LogP contribution in [0.25, 0.3) is 0 Å². The van der Waals surface area contributed by atoms with E-state index >= 15 is 0 Å². The second kappa shape index (κ2) is 7.75. The molecule has 120 valence electrons. The van der Waals surface area contributed by atoms with Crippen LogP contribution < -0.4 is 10.6 Å². The Morgan fingerprint density at radius 2 is 2.17 bits per heavy atom. The van der Waals surface area contributed by atoms with E-state index in [1.807, 2.05) is 6.07 Å². The van der Waals surface area contributed by atoms with Gasteiger partial charge in [0, 0.05) is 11.1 Å². The van der Waals surface area contributed by atoms with Gasteiger partial charge in [-0.25, -0.2) is 4.39 Å². The number of rotatable bonds is 5. The van der Waals surface area contributed by atoms with Crippen LogP contribution in [0, 0.1) is 17.1 Å². The third-order valence-corrected chi connectivity index (χ3v) is 4.56. The topological polar surface area (TPSA) is 64.9 Å². The summed E-state index contributed by atoms with van der Waals surface area (Å²) in [6, 6.07) is 5.85. The Morgan fingerprint density at radius 3 is 2.87 bits per heavy atom. The van der Waals surface area contributed by atoms with E-state index in [4.69, 9.17) is 28.5 Å². The van der Waals surface area contributed by atoms with Gasteiger partial charge in [0.1, 0.15) is 16.9 Å². The monoisotopic (exact) mass is 371 g/mol. The fraction of sp³-hybridized carbons (Fsp3) is 0.200. The first-order valence-corrected chi connectivity index (χ1v) is 8.21. The van der Waals surface area contributed by atoms with Crippen molar-refractivity contribution in [2.24, 2.45) is 0 Å². The summed E-state index contributed by atoms with van der Waals surface area (Å²) in [7, 11) is 0. The number of carbonyl (C=O) groups excluding carboxylic acids is 1. The quantitative estimate of drug-likeness (QED) is 0.767. The number of anilines is 1. The lowest BCUT2D eigenvalue weighted by molar-refractivity contribution is -0.115. The number of hydrogen-bond donors (Lipinski definition) is 2. The number of amides is 1. The summed E-state index contributed by atoms with van der Waals surface area (Å²) in [6.07, 6.45) is 0. The molecule has 0 radical (unpaired) electrons. The summed E-state index contributed by atoms with van der Waals surface area (Å²) in [5.74, 6) is -0.872. The number of nitrogens with one attached hydrogen (secondary N) is 2. The Balaban J connectivity index is 1.97. The van der Waals surface area contributed by atoms with Crippen LogP contribution in [-0.2, 0) is 4.79 Å². The molecule has 2 aromatic rings. The van der Waals surface area contributed by atoms with Gasteiger partial charge in [0.25, 0.3) is 0 Å². The molecule has 1 atom stereocenters. The first-order chi connectivity index (χ1) is 10.9. The summed E-state index contributed by atoms with van der Waals surface area (Å²) in [5.41, 5.74) is 0.925. The van der Waals surface area contributed by atoms with Crippen LogP contribution in [0.2, 0.25) is 10.0 Å². The number of carbonyl (C=O) groups is 1. The molecular formula is C15H12Cl2FN3OS. The van der Waals surface area contributed by atoms with E-state index in [-0.39, 0.29) is 23.5 Å².